The van der Waals surface area contributed by atoms with E-state index in [0.29, 0.717) is 5.69 Å². The number of carbonyl (C=O) groups excluding carboxylic acids is 1. The molecule has 3 aromatic rings. The minimum absolute atomic E-state index is 0.0699. The number of benzene rings is 2. The van der Waals surface area contributed by atoms with Crippen molar-refractivity contribution in [1.82, 2.24) is 5.27 Å². The van der Waals surface area contributed by atoms with E-state index in [-0.39, 0.29) is 5.69 Å². The molecule has 0 bridgehead atoms. The van der Waals surface area contributed by atoms with Gasteiger partial charge in [0, 0.05) is 12.1 Å². The molecule has 0 aliphatic heterocycles. The maximum atomic E-state index is 12.4. The van der Waals surface area contributed by atoms with Crippen molar-refractivity contribution in [3.8, 4) is 5.69 Å². The molecule has 23 heavy (non-hydrogen) atoms. The van der Waals surface area contributed by atoms with Crippen LogP contribution in [-0.4, -0.2) is 11.1 Å². The Balaban J connectivity index is 1.93. The van der Waals surface area contributed by atoms with E-state index in [0.717, 1.165) is 11.1 Å². The number of para-hydroxylation sites is 1. The van der Waals surface area contributed by atoms with Crippen LogP contribution in [0.1, 0.15) is 21.6 Å². The molecule has 1 N–H and O–H groups in total. The lowest BCUT2D eigenvalue weighted by atomic mass is 10.1. The average molecular weight is 307 g/mol. The lowest BCUT2D eigenvalue weighted by Crippen LogP contribution is -2.40. The number of rotatable bonds is 4. The first kappa shape index (κ1) is 14.7. The van der Waals surface area contributed by atoms with Crippen LogP contribution in [0.2, 0.25) is 0 Å². The minimum atomic E-state index is -0.701. The van der Waals surface area contributed by atoms with Crippen LogP contribution in [0, 0.1) is 6.92 Å². The highest BCUT2D eigenvalue weighted by Crippen LogP contribution is 2.06. The Bertz CT molecular complexity index is 903. The smallest absolute Gasteiger partial charge is 0.282 e. The van der Waals surface area contributed by atoms with Crippen LogP contribution < -0.4 is 10.3 Å². The Morgan fingerprint density at radius 1 is 1.09 bits per heavy atom. The van der Waals surface area contributed by atoms with Gasteiger partial charge in [-0.1, -0.05) is 54.1 Å². The van der Waals surface area contributed by atoms with Crippen molar-refractivity contribution in [1.29, 1.82) is 0 Å². The molecule has 1 heterocycles. The molecule has 0 saturated heterocycles. The zero-order valence-corrected chi connectivity index (χ0v) is 12.5. The summed E-state index contributed by atoms with van der Waals surface area (Å²) in [5.74, 6) is -0.426. The maximum absolute atomic E-state index is 12.4. The Labute approximate surface area is 132 Å². The zero-order valence-electron chi connectivity index (χ0n) is 12.5. The third kappa shape index (κ3) is 3.18. The van der Waals surface area contributed by atoms with Crippen molar-refractivity contribution in [3.63, 3.8) is 0 Å². The summed E-state index contributed by atoms with van der Waals surface area (Å²) in [7, 11) is 0. The second-order valence-electron chi connectivity index (χ2n) is 5.11. The van der Waals surface area contributed by atoms with Crippen molar-refractivity contribution in [3.05, 3.63) is 87.9 Å². The maximum Gasteiger partial charge on any atom is 0.439 e. The molecule has 0 atom stereocenters. The van der Waals surface area contributed by atoms with E-state index in [9.17, 15) is 9.59 Å². The van der Waals surface area contributed by atoms with E-state index in [1.165, 1.54) is 10.8 Å². The SMILES string of the molecule is Cc1ccc(/C=C/C(=O)c2c(=O)o[nH][n+]2-c2ccccc2)cc1. The largest absolute Gasteiger partial charge is 0.439 e. The first-order valence-electron chi connectivity index (χ1n) is 7.13. The predicted octanol–water partition coefficient (Wildman–Crippen LogP) is 2.45. The Hall–Kier alpha value is -3.21. The summed E-state index contributed by atoms with van der Waals surface area (Å²) in [6.07, 6.45) is 3.04. The third-order valence-corrected chi connectivity index (χ3v) is 3.40. The number of ketones is 1. The number of aromatic amines is 1. The lowest BCUT2D eigenvalue weighted by Gasteiger charge is -1.94. The van der Waals surface area contributed by atoms with Crippen LogP contribution in [-0.2, 0) is 0 Å². The highest BCUT2D eigenvalue weighted by molar-refractivity contribution is 6.04. The van der Waals surface area contributed by atoms with Gasteiger partial charge in [-0.15, -0.1) is 0 Å². The van der Waals surface area contributed by atoms with E-state index < -0.39 is 11.4 Å². The van der Waals surface area contributed by atoms with Crippen molar-refractivity contribution in [2.45, 2.75) is 6.92 Å². The highest BCUT2D eigenvalue weighted by atomic mass is 16.5. The second kappa shape index (κ2) is 6.27. The fraction of sp³-hybridized carbons (Fsp3) is 0.0556. The van der Waals surface area contributed by atoms with Gasteiger partial charge in [-0.2, -0.15) is 0 Å². The number of hydrogen-bond donors (Lipinski definition) is 1. The highest BCUT2D eigenvalue weighted by Gasteiger charge is 2.28. The molecule has 0 radical (unpaired) electrons. The molecule has 114 valence electrons. The van der Waals surface area contributed by atoms with E-state index in [1.54, 1.807) is 18.2 Å². The summed E-state index contributed by atoms with van der Waals surface area (Å²) in [5, 5.41) is 2.45. The molecule has 0 spiro atoms. The van der Waals surface area contributed by atoms with Gasteiger partial charge < -0.3 is 0 Å². The van der Waals surface area contributed by atoms with Gasteiger partial charge in [0.2, 0.25) is 5.69 Å². The summed E-state index contributed by atoms with van der Waals surface area (Å²) in [6, 6.07) is 16.7. The number of aromatic nitrogens is 2. The summed E-state index contributed by atoms with van der Waals surface area (Å²) >= 11 is 0. The molecule has 3 rings (SSSR count). The lowest BCUT2D eigenvalue weighted by molar-refractivity contribution is -0.672. The number of carbonyl (C=O) groups is 1. The Kier molecular flexibility index (Phi) is 4.01. The summed E-state index contributed by atoms with van der Waals surface area (Å²) in [4.78, 5) is 24.2. The molecule has 0 aliphatic rings. The number of nitrogens with one attached hydrogen (secondary N) is 1. The van der Waals surface area contributed by atoms with Gasteiger partial charge in [-0.3, -0.25) is 9.32 Å². The average Bonchev–Trinajstić information content (AvgIpc) is 2.96. The van der Waals surface area contributed by atoms with E-state index in [1.807, 2.05) is 49.4 Å². The third-order valence-electron chi connectivity index (χ3n) is 3.40. The fourth-order valence-electron chi connectivity index (χ4n) is 2.17. The molecule has 5 nitrogen and oxygen atoms in total. The van der Waals surface area contributed by atoms with Crippen molar-refractivity contribution >= 4 is 11.9 Å². The molecule has 0 saturated carbocycles. The number of hydrogen-bond acceptors (Lipinski definition) is 3. The Morgan fingerprint density at radius 3 is 2.48 bits per heavy atom. The molecule has 2 aromatic carbocycles. The number of aryl methyl sites for hydroxylation is 1. The van der Waals surface area contributed by atoms with Gasteiger partial charge in [0.25, 0.3) is 5.78 Å². The van der Waals surface area contributed by atoms with Crippen LogP contribution in [0.25, 0.3) is 11.8 Å². The van der Waals surface area contributed by atoms with E-state index in [4.69, 9.17) is 4.52 Å². The minimum Gasteiger partial charge on any atom is -0.282 e. The summed E-state index contributed by atoms with van der Waals surface area (Å²) in [5.41, 5.74) is 1.90. The molecule has 0 fully saturated rings. The molecule has 5 heteroatoms. The van der Waals surface area contributed by atoms with Crippen LogP contribution in [0.4, 0.5) is 0 Å². The van der Waals surface area contributed by atoms with Gasteiger partial charge in [0.15, 0.2) is 0 Å². The van der Waals surface area contributed by atoms with Gasteiger partial charge in [0.05, 0.1) is 0 Å². The molecular formula is C18H15N2O3+. The molecule has 1 aromatic heterocycles. The van der Waals surface area contributed by atoms with Gasteiger partial charge >= 0.3 is 11.3 Å². The van der Waals surface area contributed by atoms with Gasteiger partial charge in [-0.25, -0.2) is 4.79 Å². The quantitative estimate of drug-likeness (QED) is 0.457. The summed E-state index contributed by atoms with van der Waals surface area (Å²) < 4.78 is 6.10. The standard InChI is InChI=1S/C18H14N2O3/c1-13-7-9-14(10-8-13)11-12-16(21)17-18(22)23-19-20(17)15-5-3-2-4-6-15/h2-12H,1H3/p+1/b12-11+. The van der Waals surface area contributed by atoms with Crippen molar-refractivity contribution in [2.75, 3.05) is 0 Å². The van der Waals surface area contributed by atoms with Gasteiger partial charge in [0.1, 0.15) is 0 Å². The van der Waals surface area contributed by atoms with Crippen LogP contribution >= 0.6 is 0 Å². The topological polar surface area (TPSA) is 67.0 Å². The normalized spacial score (nSPS) is 11.0. The molecule has 0 aliphatic carbocycles. The number of allylic oxidation sites excluding steroid dienone is 1. The number of H-pyrrole nitrogens is 1. The molecule has 0 amide bonds. The molecular weight excluding hydrogens is 292 g/mol. The Morgan fingerprint density at radius 2 is 1.78 bits per heavy atom. The first-order valence-corrected chi connectivity index (χ1v) is 7.13. The van der Waals surface area contributed by atoms with Crippen LogP contribution in [0.5, 0.6) is 0 Å². The van der Waals surface area contributed by atoms with E-state index in [2.05, 4.69) is 5.27 Å². The predicted molar refractivity (Wildman–Crippen MR) is 85.4 cm³/mol. The van der Waals surface area contributed by atoms with Gasteiger partial charge in [-0.05, 0) is 28.5 Å². The monoisotopic (exact) mass is 307 g/mol. The van der Waals surface area contributed by atoms with Crippen LogP contribution in [0.3, 0.4) is 0 Å². The zero-order chi connectivity index (χ0) is 16.2. The van der Waals surface area contributed by atoms with Crippen molar-refractivity contribution in [2.24, 2.45) is 0 Å². The first-order chi connectivity index (χ1) is 11.1. The molecule has 0 unspecified atom stereocenters. The second-order valence-corrected chi connectivity index (χ2v) is 5.11. The van der Waals surface area contributed by atoms with E-state index >= 15 is 0 Å². The summed E-state index contributed by atoms with van der Waals surface area (Å²) in [6.45, 7) is 1.99. The fourth-order valence-corrected chi connectivity index (χ4v) is 2.17. The van der Waals surface area contributed by atoms with Crippen molar-refractivity contribution < 1.29 is 14.0 Å². The number of nitrogens with zero attached hydrogens (tertiary/aromatic N) is 1. The van der Waals surface area contributed by atoms with Crippen LogP contribution in [0.15, 0.2) is 70.0 Å².